The fourth-order valence-electron chi connectivity index (χ4n) is 1.19. The highest BCUT2D eigenvalue weighted by Crippen LogP contribution is 2.08. The van der Waals surface area contributed by atoms with Gasteiger partial charge in [0.2, 0.25) is 0 Å². The van der Waals surface area contributed by atoms with E-state index < -0.39 is 0 Å². The Morgan fingerprint density at radius 1 is 1.50 bits per heavy atom. The third-order valence-electron chi connectivity index (χ3n) is 1.79. The van der Waals surface area contributed by atoms with Crippen LogP contribution in [0.2, 0.25) is 0 Å². The van der Waals surface area contributed by atoms with Gasteiger partial charge in [-0.2, -0.15) is 0 Å². The Kier molecular flexibility index (Phi) is 2.34. The summed E-state index contributed by atoms with van der Waals surface area (Å²) in [6.45, 7) is 4.79. The first kappa shape index (κ1) is 6.09. The van der Waals surface area contributed by atoms with Gasteiger partial charge in [-0.15, -0.1) is 0 Å². The maximum atomic E-state index is 3.40. The van der Waals surface area contributed by atoms with Gasteiger partial charge in [0.25, 0.3) is 0 Å². The first-order valence-electron chi connectivity index (χ1n) is 3.60. The van der Waals surface area contributed by atoms with Gasteiger partial charge < -0.3 is 5.32 Å². The molecular weight excluding hydrogens is 98.1 g/mol. The standard InChI is InChI=1S/C7H15N.H2/c1-7-4-2-3-5-8-6-7;/h7-8H,2-6H2,1H3;1H. The van der Waals surface area contributed by atoms with E-state index >= 15 is 0 Å². The topological polar surface area (TPSA) is 12.0 Å². The molecule has 0 saturated carbocycles. The zero-order valence-corrected chi connectivity index (χ0v) is 5.61. The zero-order valence-electron chi connectivity index (χ0n) is 5.61. The minimum absolute atomic E-state index is 0. The van der Waals surface area contributed by atoms with Crippen LogP contribution in [0.1, 0.15) is 27.6 Å². The molecule has 1 aliphatic rings. The van der Waals surface area contributed by atoms with Gasteiger partial charge in [0.15, 0.2) is 0 Å². The molecule has 0 aromatic carbocycles. The molecule has 1 nitrogen and oxygen atoms in total. The highest BCUT2D eigenvalue weighted by molar-refractivity contribution is 4.62. The van der Waals surface area contributed by atoms with E-state index in [1.165, 1.54) is 32.4 Å². The molecule has 0 amide bonds. The Balaban J connectivity index is 0.000000640. The van der Waals surface area contributed by atoms with E-state index in [-0.39, 0.29) is 1.43 Å². The van der Waals surface area contributed by atoms with Crippen molar-refractivity contribution in [3.05, 3.63) is 0 Å². The van der Waals surface area contributed by atoms with Gasteiger partial charge in [-0.3, -0.25) is 0 Å². The van der Waals surface area contributed by atoms with Gasteiger partial charge in [0, 0.05) is 1.43 Å². The van der Waals surface area contributed by atoms with Crippen LogP contribution >= 0.6 is 0 Å². The van der Waals surface area contributed by atoms with Crippen molar-refractivity contribution in [1.29, 1.82) is 0 Å². The summed E-state index contributed by atoms with van der Waals surface area (Å²) in [6, 6.07) is 0. The Morgan fingerprint density at radius 2 is 2.38 bits per heavy atom. The summed E-state index contributed by atoms with van der Waals surface area (Å²) in [5.74, 6) is 0.914. The molecule has 0 spiro atoms. The molecule has 1 heteroatoms. The Bertz CT molecular complexity index is 57.9. The Morgan fingerprint density at radius 3 is 3.25 bits per heavy atom. The molecule has 0 aliphatic carbocycles. The maximum Gasteiger partial charge on any atom is 0 e. The maximum absolute atomic E-state index is 3.40. The van der Waals surface area contributed by atoms with Gasteiger partial charge in [-0.05, 0) is 31.8 Å². The average Bonchev–Trinajstić information content (AvgIpc) is 1.94. The molecule has 1 saturated heterocycles. The monoisotopic (exact) mass is 115 g/mol. The molecule has 1 unspecified atom stereocenters. The van der Waals surface area contributed by atoms with Gasteiger partial charge in [-0.25, -0.2) is 0 Å². The molecule has 1 rings (SSSR count). The molecular formula is C7H17N. The highest BCUT2D eigenvalue weighted by Gasteiger charge is 2.04. The SMILES string of the molecule is CC1CCCCNC1.[HH]. The Hall–Kier alpha value is -0.0400. The van der Waals surface area contributed by atoms with Crippen LogP contribution in [0.4, 0.5) is 0 Å². The lowest BCUT2D eigenvalue weighted by Crippen LogP contribution is -2.18. The van der Waals surface area contributed by atoms with Gasteiger partial charge in [0.1, 0.15) is 0 Å². The van der Waals surface area contributed by atoms with E-state index in [0.29, 0.717) is 0 Å². The van der Waals surface area contributed by atoms with Crippen LogP contribution in [0.3, 0.4) is 0 Å². The summed E-state index contributed by atoms with van der Waals surface area (Å²) < 4.78 is 0. The summed E-state index contributed by atoms with van der Waals surface area (Å²) in [5.41, 5.74) is 0. The fourth-order valence-corrected chi connectivity index (χ4v) is 1.19. The van der Waals surface area contributed by atoms with Crippen LogP contribution in [-0.4, -0.2) is 13.1 Å². The van der Waals surface area contributed by atoms with Crippen molar-refractivity contribution in [3.8, 4) is 0 Å². The molecule has 0 radical (unpaired) electrons. The average molecular weight is 115 g/mol. The van der Waals surface area contributed by atoms with E-state index in [9.17, 15) is 0 Å². The largest absolute Gasteiger partial charge is 0.316 e. The predicted octanol–water partition coefficient (Wildman–Crippen LogP) is 1.64. The third kappa shape index (κ3) is 1.83. The number of rotatable bonds is 0. The van der Waals surface area contributed by atoms with Crippen molar-refractivity contribution < 1.29 is 1.43 Å². The van der Waals surface area contributed by atoms with Crippen LogP contribution in [0.25, 0.3) is 0 Å². The summed E-state index contributed by atoms with van der Waals surface area (Å²) in [4.78, 5) is 0. The lowest BCUT2D eigenvalue weighted by molar-refractivity contribution is 0.525. The fraction of sp³-hybridized carbons (Fsp3) is 1.00. The molecule has 1 heterocycles. The van der Waals surface area contributed by atoms with Crippen molar-refractivity contribution >= 4 is 0 Å². The van der Waals surface area contributed by atoms with Crippen molar-refractivity contribution in [2.75, 3.05) is 13.1 Å². The number of hydrogen-bond donors (Lipinski definition) is 1. The lowest BCUT2D eigenvalue weighted by Gasteiger charge is -2.03. The van der Waals surface area contributed by atoms with Crippen LogP contribution in [0, 0.1) is 5.92 Å². The third-order valence-corrected chi connectivity index (χ3v) is 1.79. The number of nitrogens with one attached hydrogen (secondary N) is 1. The molecule has 1 atom stereocenters. The first-order valence-corrected chi connectivity index (χ1v) is 3.60. The molecule has 1 N–H and O–H groups in total. The Labute approximate surface area is 53.0 Å². The normalized spacial score (nSPS) is 31.9. The molecule has 0 aromatic heterocycles. The second kappa shape index (κ2) is 3.08. The molecule has 50 valence electrons. The van der Waals surface area contributed by atoms with Crippen molar-refractivity contribution in [3.63, 3.8) is 0 Å². The smallest absolute Gasteiger partial charge is 0 e. The van der Waals surface area contributed by atoms with Crippen molar-refractivity contribution in [1.82, 2.24) is 5.32 Å². The second-order valence-corrected chi connectivity index (χ2v) is 2.81. The molecule has 1 fully saturated rings. The summed E-state index contributed by atoms with van der Waals surface area (Å²) >= 11 is 0. The second-order valence-electron chi connectivity index (χ2n) is 2.81. The zero-order chi connectivity index (χ0) is 5.82. The summed E-state index contributed by atoms with van der Waals surface area (Å²) in [6.07, 6.45) is 4.23. The van der Waals surface area contributed by atoms with Crippen LogP contribution in [0.15, 0.2) is 0 Å². The summed E-state index contributed by atoms with van der Waals surface area (Å²) in [5, 5.41) is 3.40. The minimum Gasteiger partial charge on any atom is -0.316 e. The quantitative estimate of drug-likeness (QED) is 0.506. The predicted molar refractivity (Wildman–Crippen MR) is 38.0 cm³/mol. The van der Waals surface area contributed by atoms with Crippen LogP contribution in [0.5, 0.6) is 0 Å². The summed E-state index contributed by atoms with van der Waals surface area (Å²) in [7, 11) is 0. The minimum atomic E-state index is 0. The van der Waals surface area contributed by atoms with Crippen LogP contribution < -0.4 is 5.32 Å². The lowest BCUT2D eigenvalue weighted by atomic mass is 10.1. The van der Waals surface area contributed by atoms with E-state index in [0.717, 1.165) is 5.92 Å². The van der Waals surface area contributed by atoms with Gasteiger partial charge >= 0.3 is 0 Å². The van der Waals surface area contributed by atoms with E-state index in [1.54, 1.807) is 0 Å². The molecule has 0 bridgehead atoms. The van der Waals surface area contributed by atoms with Crippen LogP contribution in [-0.2, 0) is 0 Å². The molecule has 8 heavy (non-hydrogen) atoms. The van der Waals surface area contributed by atoms with Crippen molar-refractivity contribution in [2.24, 2.45) is 5.92 Å². The molecule has 1 aliphatic heterocycles. The highest BCUT2D eigenvalue weighted by atomic mass is 14.9. The van der Waals surface area contributed by atoms with Crippen molar-refractivity contribution in [2.45, 2.75) is 26.2 Å². The van der Waals surface area contributed by atoms with E-state index in [2.05, 4.69) is 12.2 Å². The number of hydrogen-bond acceptors (Lipinski definition) is 1. The van der Waals surface area contributed by atoms with E-state index in [1.807, 2.05) is 0 Å². The van der Waals surface area contributed by atoms with Gasteiger partial charge in [0.05, 0.1) is 0 Å². The first-order chi connectivity index (χ1) is 3.89. The van der Waals surface area contributed by atoms with E-state index in [4.69, 9.17) is 0 Å². The molecule has 0 aromatic rings. The van der Waals surface area contributed by atoms with Gasteiger partial charge in [-0.1, -0.05) is 13.3 Å².